The molecule has 20 heavy (non-hydrogen) atoms. The Morgan fingerprint density at radius 3 is 2.80 bits per heavy atom. The topological polar surface area (TPSA) is 55.6 Å². The second-order valence-electron chi connectivity index (χ2n) is 6.22. The van der Waals surface area contributed by atoms with Gasteiger partial charge in [-0.2, -0.15) is 0 Å². The van der Waals surface area contributed by atoms with Crippen molar-refractivity contribution in [1.82, 2.24) is 0 Å². The number of carbonyl (C=O) groups excluding carboxylic acids is 1. The van der Waals surface area contributed by atoms with E-state index in [9.17, 15) is 4.79 Å². The standard InChI is InChI=1S/C16H22N2O2/c1-16(2)13-7-6-12(11-4-5-11)10-14(13)18(9-3-8-17)15(19)20-16/h6-7,10-11H,3-5,8-9,17H2,1-2H3. The van der Waals surface area contributed by atoms with Crippen LogP contribution in [-0.4, -0.2) is 19.2 Å². The lowest BCUT2D eigenvalue weighted by Gasteiger charge is -2.38. The molecule has 1 amide bonds. The number of fused-ring (bicyclic) bond motifs is 1. The first-order valence-electron chi connectivity index (χ1n) is 7.38. The Balaban J connectivity index is 2.02. The van der Waals surface area contributed by atoms with Crippen LogP contribution in [0.2, 0.25) is 0 Å². The summed E-state index contributed by atoms with van der Waals surface area (Å²) in [6.45, 7) is 5.08. The van der Waals surface area contributed by atoms with Gasteiger partial charge >= 0.3 is 6.09 Å². The van der Waals surface area contributed by atoms with Gasteiger partial charge in [-0.15, -0.1) is 0 Å². The number of rotatable bonds is 4. The van der Waals surface area contributed by atoms with Gasteiger partial charge in [0.05, 0.1) is 5.69 Å². The lowest BCUT2D eigenvalue weighted by molar-refractivity contribution is 0.0350. The Labute approximate surface area is 119 Å². The largest absolute Gasteiger partial charge is 0.438 e. The van der Waals surface area contributed by atoms with Crippen molar-refractivity contribution in [3.8, 4) is 0 Å². The Morgan fingerprint density at radius 1 is 1.40 bits per heavy atom. The van der Waals surface area contributed by atoms with Gasteiger partial charge in [-0.25, -0.2) is 4.79 Å². The van der Waals surface area contributed by atoms with Gasteiger partial charge < -0.3 is 10.5 Å². The maximum absolute atomic E-state index is 12.2. The van der Waals surface area contributed by atoms with Gasteiger partial charge in [-0.3, -0.25) is 4.90 Å². The summed E-state index contributed by atoms with van der Waals surface area (Å²) in [5.41, 5.74) is 8.44. The molecule has 1 heterocycles. The van der Waals surface area contributed by atoms with E-state index < -0.39 is 5.60 Å². The minimum absolute atomic E-state index is 0.260. The molecule has 0 unspecified atom stereocenters. The minimum atomic E-state index is -0.562. The first-order valence-corrected chi connectivity index (χ1v) is 7.38. The smallest absolute Gasteiger partial charge is 0.415 e. The zero-order valence-electron chi connectivity index (χ0n) is 12.2. The van der Waals surface area contributed by atoms with Crippen molar-refractivity contribution in [2.24, 2.45) is 5.73 Å². The number of benzene rings is 1. The highest BCUT2D eigenvalue weighted by Gasteiger charge is 2.38. The predicted octanol–water partition coefficient (Wildman–Crippen LogP) is 3.10. The number of anilines is 1. The molecule has 1 aromatic rings. The third-order valence-corrected chi connectivity index (χ3v) is 4.16. The molecule has 0 radical (unpaired) electrons. The summed E-state index contributed by atoms with van der Waals surface area (Å²) < 4.78 is 5.57. The number of nitrogens with two attached hydrogens (primary N) is 1. The maximum Gasteiger partial charge on any atom is 0.415 e. The number of nitrogens with zero attached hydrogens (tertiary/aromatic N) is 1. The van der Waals surface area contributed by atoms with Crippen LogP contribution in [0.25, 0.3) is 0 Å². The van der Waals surface area contributed by atoms with E-state index in [4.69, 9.17) is 10.5 Å². The number of cyclic esters (lactones) is 1. The van der Waals surface area contributed by atoms with Crippen LogP contribution in [0.15, 0.2) is 18.2 Å². The van der Waals surface area contributed by atoms with Crippen LogP contribution in [0.1, 0.15) is 50.2 Å². The van der Waals surface area contributed by atoms with Crippen molar-refractivity contribution < 1.29 is 9.53 Å². The van der Waals surface area contributed by atoms with E-state index in [0.29, 0.717) is 19.0 Å². The number of hydrogen-bond donors (Lipinski definition) is 1. The highest BCUT2D eigenvalue weighted by atomic mass is 16.6. The van der Waals surface area contributed by atoms with Crippen molar-refractivity contribution in [1.29, 1.82) is 0 Å². The van der Waals surface area contributed by atoms with Crippen molar-refractivity contribution in [3.05, 3.63) is 29.3 Å². The van der Waals surface area contributed by atoms with Crippen molar-refractivity contribution in [2.75, 3.05) is 18.0 Å². The lowest BCUT2D eigenvalue weighted by atomic mass is 9.92. The van der Waals surface area contributed by atoms with Gasteiger partial charge in [0.15, 0.2) is 0 Å². The van der Waals surface area contributed by atoms with E-state index in [0.717, 1.165) is 17.7 Å². The van der Waals surface area contributed by atoms with Gasteiger partial charge in [0.25, 0.3) is 0 Å². The van der Waals surface area contributed by atoms with Crippen LogP contribution in [0, 0.1) is 0 Å². The SMILES string of the molecule is CC1(C)OC(=O)N(CCCN)c2cc(C3CC3)ccc21. The Hall–Kier alpha value is -1.55. The minimum Gasteiger partial charge on any atom is -0.438 e. The zero-order valence-corrected chi connectivity index (χ0v) is 12.2. The van der Waals surface area contributed by atoms with Gasteiger partial charge in [0, 0.05) is 12.1 Å². The first kappa shape index (κ1) is 13.4. The second-order valence-corrected chi connectivity index (χ2v) is 6.22. The summed E-state index contributed by atoms with van der Waals surface area (Å²) in [5.74, 6) is 0.678. The summed E-state index contributed by atoms with van der Waals surface area (Å²) in [6, 6.07) is 6.47. The van der Waals surface area contributed by atoms with E-state index in [-0.39, 0.29) is 6.09 Å². The fourth-order valence-electron chi connectivity index (χ4n) is 2.84. The van der Waals surface area contributed by atoms with Gasteiger partial charge in [0.2, 0.25) is 0 Å². The van der Waals surface area contributed by atoms with Crippen LogP contribution < -0.4 is 10.6 Å². The molecule has 3 rings (SSSR count). The normalized spacial score (nSPS) is 20.6. The Morgan fingerprint density at radius 2 is 2.15 bits per heavy atom. The fraction of sp³-hybridized carbons (Fsp3) is 0.562. The number of carbonyl (C=O) groups is 1. The monoisotopic (exact) mass is 274 g/mol. The molecule has 1 aliphatic carbocycles. The molecule has 0 saturated heterocycles. The van der Waals surface area contributed by atoms with E-state index in [2.05, 4.69) is 18.2 Å². The van der Waals surface area contributed by atoms with Gasteiger partial charge in [-0.05, 0) is 57.2 Å². The van der Waals surface area contributed by atoms with Gasteiger partial charge in [0.1, 0.15) is 5.60 Å². The van der Waals surface area contributed by atoms with Crippen LogP contribution >= 0.6 is 0 Å². The molecule has 0 spiro atoms. The molecular formula is C16H22N2O2. The lowest BCUT2D eigenvalue weighted by Crippen LogP contribution is -2.44. The van der Waals surface area contributed by atoms with Crippen LogP contribution in [0.5, 0.6) is 0 Å². The van der Waals surface area contributed by atoms with Crippen LogP contribution in [0.4, 0.5) is 10.5 Å². The number of hydrogen-bond acceptors (Lipinski definition) is 3. The summed E-state index contributed by atoms with van der Waals surface area (Å²) in [6.07, 6.45) is 3.04. The summed E-state index contributed by atoms with van der Waals surface area (Å²) >= 11 is 0. The van der Waals surface area contributed by atoms with Crippen molar-refractivity contribution >= 4 is 11.8 Å². The highest BCUT2D eigenvalue weighted by molar-refractivity contribution is 5.91. The molecule has 1 aromatic carbocycles. The molecule has 1 aliphatic heterocycles. The summed E-state index contributed by atoms with van der Waals surface area (Å²) in [4.78, 5) is 14.0. The van der Waals surface area contributed by atoms with E-state index >= 15 is 0 Å². The van der Waals surface area contributed by atoms with E-state index in [1.807, 2.05) is 13.8 Å². The molecule has 4 nitrogen and oxygen atoms in total. The average Bonchev–Trinajstić information content (AvgIpc) is 3.21. The van der Waals surface area contributed by atoms with Crippen molar-refractivity contribution in [2.45, 2.75) is 44.6 Å². The molecule has 2 N–H and O–H groups in total. The molecule has 0 bridgehead atoms. The van der Waals surface area contributed by atoms with Gasteiger partial charge in [-0.1, -0.05) is 12.1 Å². The maximum atomic E-state index is 12.2. The number of ether oxygens (including phenoxy) is 1. The first-order chi connectivity index (χ1) is 9.53. The quantitative estimate of drug-likeness (QED) is 0.917. The van der Waals surface area contributed by atoms with E-state index in [1.54, 1.807) is 4.90 Å². The predicted molar refractivity (Wildman–Crippen MR) is 78.9 cm³/mol. The molecule has 4 heteroatoms. The Bertz CT molecular complexity index is 535. The fourth-order valence-corrected chi connectivity index (χ4v) is 2.84. The van der Waals surface area contributed by atoms with Crippen LogP contribution in [0.3, 0.4) is 0 Å². The molecule has 1 saturated carbocycles. The van der Waals surface area contributed by atoms with E-state index in [1.165, 1.54) is 18.4 Å². The average molecular weight is 274 g/mol. The summed E-state index contributed by atoms with van der Waals surface area (Å²) in [5, 5.41) is 0. The summed E-state index contributed by atoms with van der Waals surface area (Å²) in [7, 11) is 0. The third-order valence-electron chi connectivity index (χ3n) is 4.16. The second kappa shape index (κ2) is 4.77. The van der Waals surface area contributed by atoms with Crippen molar-refractivity contribution in [3.63, 3.8) is 0 Å². The molecule has 1 fully saturated rings. The zero-order chi connectivity index (χ0) is 14.3. The number of amides is 1. The van der Waals surface area contributed by atoms with Crippen LogP contribution in [-0.2, 0) is 10.3 Å². The molecule has 108 valence electrons. The third kappa shape index (κ3) is 2.29. The molecule has 0 atom stereocenters. The molecule has 0 aromatic heterocycles. The molecular weight excluding hydrogens is 252 g/mol. The Kier molecular flexibility index (Phi) is 3.21. The molecule has 2 aliphatic rings. The highest BCUT2D eigenvalue weighted by Crippen LogP contribution is 2.45.